The Bertz CT molecular complexity index is 535. The average molecular weight is 259 g/mol. The smallest absolute Gasteiger partial charge is 0.157 e. The second-order valence-corrected chi connectivity index (χ2v) is 5.37. The highest BCUT2D eigenvalue weighted by Gasteiger charge is 2.23. The number of nitrogens with two attached hydrogens (primary N) is 1. The van der Waals surface area contributed by atoms with Crippen molar-refractivity contribution < 1.29 is 0 Å². The summed E-state index contributed by atoms with van der Waals surface area (Å²) in [6.45, 7) is 1.78. The zero-order chi connectivity index (χ0) is 13.1. The van der Waals surface area contributed by atoms with Crippen LogP contribution in [0, 0.1) is 11.8 Å². The van der Waals surface area contributed by atoms with E-state index in [0.717, 1.165) is 24.6 Å². The summed E-state index contributed by atoms with van der Waals surface area (Å²) in [4.78, 5) is 4.53. The molecule has 2 heterocycles. The van der Waals surface area contributed by atoms with Crippen molar-refractivity contribution in [2.45, 2.75) is 25.7 Å². The van der Waals surface area contributed by atoms with Crippen LogP contribution >= 0.6 is 0 Å². The van der Waals surface area contributed by atoms with E-state index in [1.54, 1.807) is 10.7 Å². The van der Waals surface area contributed by atoms with Crippen molar-refractivity contribution in [3.8, 4) is 0 Å². The first-order chi connectivity index (χ1) is 9.36. The number of hydrogen-bond acceptors (Lipinski definition) is 4. The predicted octanol–water partition coefficient (Wildman–Crippen LogP) is 1.91. The van der Waals surface area contributed by atoms with E-state index < -0.39 is 0 Å². The van der Waals surface area contributed by atoms with E-state index in [0.29, 0.717) is 11.8 Å². The van der Waals surface area contributed by atoms with Gasteiger partial charge < -0.3 is 11.1 Å². The molecule has 19 heavy (non-hydrogen) atoms. The number of hydrogen-bond donors (Lipinski definition) is 2. The lowest BCUT2D eigenvalue weighted by Crippen LogP contribution is -2.31. The summed E-state index contributed by atoms with van der Waals surface area (Å²) >= 11 is 0. The Hall–Kier alpha value is -1.62. The third-order valence-electron chi connectivity index (χ3n) is 4.17. The summed E-state index contributed by atoms with van der Waals surface area (Å²) in [5.41, 5.74) is 6.75. The lowest BCUT2D eigenvalue weighted by atomic mass is 9.79. The molecule has 5 nitrogen and oxygen atoms in total. The van der Waals surface area contributed by atoms with Gasteiger partial charge in [-0.2, -0.15) is 5.10 Å². The van der Waals surface area contributed by atoms with Crippen molar-refractivity contribution in [1.29, 1.82) is 0 Å². The van der Waals surface area contributed by atoms with Gasteiger partial charge in [-0.3, -0.25) is 0 Å². The molecule has 2 aromatic rings. The van der Waals surface area contributed by atoms with E-state index >= 15 is 0 Å². The predicted molar refractivity (Wildman–Crippen MR) is 76.0 cm³/mol. The molecule has 2 atom stereocenters. The first-order valence-electron chi connectivity index (χ1n) is 7.11. The van der Waals surface area contributed by atoms with E-state index in [9.17, 15) is 0 Å². The molecule has 0 aliphatic heterocycles. The summed E-state index contributed by atoms with van der Waals surface area (Å²) in [6.07, 6.45) is 8.92. The average Bonchev–Trinajstić information content (AvgIpc) is 2.93. The highest BCUT2D eigenvalue weighted by Crippen LogP contribution is 2.29. The third kappa shape index (κ3) is 2.71. The minimum atomic E-state index is 0.667. The van der Waals surface area contributed by atoms with Gasteiger partial charge in [0.1, 0.15) is 5.82 Å². The zero-order valence-corrected chi connectivity index (χ0v) is 11.1. The molecule has 1 fully saturated rings. The maximum Gasteiger partial charge on any atom is 0.157 e. The molecule has 2 aromatic heterocycles. The molecule has 102 valence electrons. The van der Waals surface area contributed by atoms with Gasteiger partial charge in [0.25, 0.3) is 0 Å². The molecule has 0 radical (unpaired) electrons. The lowest BCUT2D eigenvalue weighted by Gasteiger charge is -2.30. The van der Waals surface area contributed by atoms with Crippen molar-refractivity contribution in [2.75, 3.05) is 18.4 Å². The Kier molecular flexibility index (Phi) is 3.64. The fraction of sp³-hybridized carbons (Fsp3) is 0.571. The van der Waals surface area contributed by atoms with E-state index in [1.807, 2.05) is 18.3 Å². The zero-order valence-electron chi connectivity index (χ0n) is 11.1. The number of anilines is 1. The van der Waals surface area contributed by atoms with Crippen LogP contribution in [-0.2, 0) is 0 Å². The quantitative estimate of drug-likeness (QED) is 0.880. The summed E-state index contributed by atoms with van der Waals surface area (Å²) in [6, 6.07) is 3.88. The molecule has 2 unspecified atom stereocenters. The number of aromatic nitrogens is 3. The minimum Gasteiger partial charge on any atom is -0.370 e. The maximum absolute atomic E-state index is 5.87. The van der Waals surface area contributed by atoms with Crippen LogP contribution in [0.1, 0.15) is 25.7 Å². The van der Waals surface area contributed by atoms with Crippen LogP contribution < -0.4 is 11.1 Å². The fourth-order valence-corrected chi connectivity index (χ4v) is 3.01. The van der Waals surface area contributed by atoms with Gasteiger partial charge in [0.15, 0.2) is 5.65 Å². The molecule has 0 spiro atoms. The van der Waals surface area contributed by atoms with Crippen LogP contribution in [0.4, 0.5) is 5.82 Å². The van der Waals surface area contributed by atoms with Crippen molar-refractivity contribution in [2.24, 2.45) is 17.6 Å². The molecule has 3 N–H and O–H groups in total. The highest BCUT2D eigenvalue weighted by molar-refractivity contribution is 5.45. The number of nitrogens with zero attached hydrogens (tertiary/aromatic N) is 3. The molecule has 0 aromatic carbocycles. The first-order valence-corrected chi connectivity index (χ1v) is 7.11. The van der Waals surface area contributed by atoms with E-state index in [2.05, 4.69) is 15.4 Å². The number of fused-ring (bicyclic) bond motifs is 1. The summed E-state index contributed by atoms with van der Waals surface area (Å²) in [7, 11) is 0. The Balaban J connectivity index is 1.64. The van der Waals surface area contributed by atoms with Gasteiger partial charge in [0, 0.05) is 18.8 Å². The lowest BCUT2D eigenvalue weighted by molar-refractivity contribution is 0.255. The Morgan fingerprint density at radius 2 is 2.11 bits per heavy atom. The Morgan fingerprint density at radius 3 is 2.95 bits per heavy atom. The van der Waals surface area contributed by atoms with E-state index in [-0.39, 0.29) is 0 Å². The molecule has 0 bridgehead atoms. The second kappa shape index (κ2) is 5.57. The van der Waals surface area contributed by atoms with Crippen LogP contribution in [0.25, 0.3) is 5.65 Å². The number of rotatable bonds is 4. The van der Waals surface area contributed by atoms with Gasteiger partial charge in [-0.1, -0.05) is 12.8 Å². The molecule has 0 saturated heterocycles. The van der Waals surface area contributed by atoms with Crippen molar-refractivity contribution in [3.63, 3.8) is 0 Å². The maximum atomic E-state index is 5.87. The highest BCUT2D eigenvalue weighted by atomic mass is 15.2. The third-order valence-corrected chi connectivity index (χ3v) is 4.17. The standard InChI is InChI=1S/C14H21N5/c15-9-11-3-1-2-4-12(11)10-16-13-6-8-19-14(18-13)5-7-17-19/h5-8,11-12H,1-4,9-10,15H2,(H,16,18). The van der Waals surface area contributed by atoms with Gasteiger partial charge in [-0.15, -0.1) is 0 Å². The van der Waals surface area contributed by atoms with Crippen molar-refractivity contribution in [1.82, 2.24) is 14.6 Å². The van der Waals surface area contributed by atoms with Crippen molar-refractivity contribution in [3.05, 3.63) is 24.5 Å². The monoisotopic (exact) mass is 259 g/mol. The largest absolute Gasteiger partial charge is 0.370 e. The van der Waals surface area contributed by atoms with Crippen molar-refractivity contribution >= 4 is 11.5 Å². The van der Waals surface area contributed by atoms with Crippen LogP contribution in [0.2, 0.25) is 0 Å². The second-order valence-electron chi connectivity index (χ2n) is 5.37. The van der Waals surface area contributed by atoms with Gasteiger partial charge in [-0.05, 0) is 37.3 Å². The SMILES string of the molecule is NCC1CCCCC1CNc1ccn2nccc2n1. The molecular formula is C14H21N5. The molecule has 5 heteroatoms. The molecule has 1 aliphatic carbocycles. The molecule has 0 amide bonds. The van der Waals surface area contributed by atoms with Crippen LogP contribution in [0.5, 0.6) is 0 Å². The summed E-state index contributed by atoms with van der Waals surface area (Å²) < 4.78 is 1.77. The van der Waals surface area contributed by atoms with Gasteiger partial charge in [0.2, 0.25) is 0 Å². The van der Waals surface area contributed by atoms with E-state index in [4.69, 9.17) is 5.73 Å². The summed E-state index contributed by atoms with van der Waals surface area (Å²) in [5.74, 6) is 2.27. The molecule has 1 aliphatic rings. The van der Waals surface area contributed by atoms with Gasteiger partial charge in [-0.25, -0.2) is 9.50 Å². The summed E-state index contributed by atoms with van der Waals surface area (Å²) in [5, 5.41) is 7.60. The molecular weight excluding hydrogens is 238 g/mol. The topological polar surface area (TPSA) is 68.2 Å². The minimum absolute atomic E-state index is 0.667. The van der Waals surface area contributed by atoms with Crippen LogP contribution in [0.15, 0.2) is 24.5 Å². The number of nitrogens with one attached hydrogen (secondary N) is 1. The Labute approximate surface area is 113 Å². The fourth-order valence-electron chi connectivity index (χ4n) is 3.01. The van der Waals surface area contributed by atoms with Crippen LogP contribution in [0.3, 0.4) is 0 Å². The molecule has 1 saturated carbocycles. The van der Waals surface area contributed by atoms with Gasteiger partial charge >= 0.3 is 0 Å². The molecule has 3 rings (SSSR count). The van der Waals surface area contributed by atoms with Crippen LogP contribution in [-0.4, -0.2) is 27.7 Å². The first kappa shape index (κ1) is 12.4. The van der Waals surface area contributed by atoms with Gasteiger partial charge in [0.05, 0.1) is 6.20 Å². The Morgan fingerprint density at radius 1 is 1.26 bits per heavy atom. The van der Waals surface area contributed by atoms with E-state index in [1.165, 1.54) is 25.7 Å². The normalized spacial score (nSPS) is 23.6.